The lowest BCUT2D eigenvalue weighted by Crippen LogP contribution is -2.36. The molecule has 2 unspecified atom stereocenters. The summed E-state index contributed by atoms with van der Waals surface area (Å²) >= 11 is 6.16. The lowest BCUT2D eigenvalue weighted by atomic mass is 9.93. The summed E-state index contributed by atoms with van der Waals surface area (Å²) in [5.74, 6) is -0.985. The van der Waals surface area contributed by atoms with Crippen molar-refractivity contribution in [2.45, 2.75) is 44.8 Å². The number of nitrogens with zero attached hydrogens (tertiary/aromatic N) is 1. The number of ketones is 1. The van der Waals surface area contributed by atoms with Crippen LogP contribution in [0.3, 0.4) is 0 Å². The maximum atomic E-state index is 13.2. The molecular formula is C26H28ClNO5. The van der Waals surface area contributed by atoms with Crippen molar-refractivity contribution in [3.8, 4) is 5.75 Å². The van der Waals surface area contributed by atoms with E-state index in [4.69, 9.17) is 21.1 Å². The van der Waals surface area contributed by atoms with Gasteiger partial charge in [-0.15, -0.1) is 0 Å². The molecule has 4 rings (SSSR count). The lowest BCUT2D eigenvalue weighted by molar-refractivity contribution is -0.140. The van der Waals surface area contributed by atoms with Crippen LogP contribution in [0.5, 0.6) is 5.75 Å². The molecule has 6 nitrogen and oxygen atoms in total. The molecule has 0 saturated carbocycles. The molecule has 0 aromatic heterocycles. The van der Waals surface area contributed by atoms with E-state index in [1.807, 2.05) is 24.3 Å². The van der Waals surface area contributed by atoms with E-state index in [1.165, 1.54) is 18.1 Å². The van der Waals surface area contributed by atoms with Gasteiger partial charge in [0.05, 0.1) is 30.4 Å². The number of benzene rings is 2. The quantitative estimate of drug-likeness (QED) is 0.363. The largest absolute Gasteiger partial charge is 0.507 e. The van der Waals surface area contributed by atoms with Gasteiger partial charge in [-0.2, -0.15) is 0 Å². The van der Waals surface area contributed by atoms with Gasteiger partial charge in [0, 0.05) is 18.2 Å². The third-order valence-corrected chi connectivity index (χ3v) is 6.53. The van der Waals surface area contributed by atoms with Gasteiger partial charge < -0.3 is 19.5 Å². The third kappa shape index (κ3) is 4.50. The van der Waals surface area contributed by atoms with Crippen LogP contribution in [0.4, 0.5) is 0 Å². The number of methoxy groups -OCH3 is 1. The van der Waals surface area contributed by atoms with Crippen LogP contribution < -0.4 is 4.74 Å². The van der Waals surface area contributed by atoms with E-state index in [0.717, 1.165) is 24.0 Å². The van der Waals surface area contributed by atoms with Crippen LogP contribution in [-0.4, -0.2) is 48.1 Å². The van der Waals surface area contributed by atoms with E-state index in [0.29, 0.717) is 23.3 Å². The minimum absolute atomic E-state index is 0.0239. The van der Waals surface area contributed by atoms with Crippen molar-refractivity contribution in [2.75, 3.05) is 20.3 Å². The predicted molar refractivity (Wildman–Crippen MR) is 127 cm³/mol. The maximum absolute atomic E-state index is 13.2. The van der Waals surface area contributed by atoms with E-state index in [2.05, 4.69) is 13.8 Å². The lowest BCUT2D eigenvalue weighted by Gasteiger charge is -2.28. The number of carbonyl (C=O) groups is 2. The molecule has 0 bridgehead atoms. The van der Waals surface area contributed by atoms with Gasteiger partial charge in [0.15, 0.2) is 0 Å². The zero-order valence-electron chi connectivity index (χ0n) is 19.0. The van der Waals surface area contributed by atoms with Crippen LogP contribution in [0.2, 0.25) is 5.02 Å². The second kappa shape index (κ2) is 9.57. The molecule has 2 aliphatic rings. The molecule has 0 radical (unpaired) electrons. The Balaban J connectivity index is 1.86. The van der Waals surface area contributed by atoms with Gasteiger partial charge >= 0.3 is 0 Å². The van der Waals surface area contributed by atoms with Crippen molar-refractivity contribution < 1.29 is 24.2 Å². The van der Waals surface area contributed by atoms with E-state index in [1.54, 1.807) is 12.1 Å². The first-order valence-electron chi connectivity index (χ1n) is 11.2. The van der Waals surface area contributed by atoms with Crippen LogP contribution in [0.15, 0.2) is 48.0 Å². The Bertz CT molecular complexity index is 1090. The molecule has 2 aromatic carbocycles. The Labute approximate surface area is 198 Å². The summed E-state index contributed by atoms with van der Waals surface area (Å²) in [6.45, 7) is 5.13. The van der Waals surface area contributed by atoms with Crippen molar-refractivity contribution in [2.24, 2.45) is 0 Å². The van der Waals surface area contributed by atoms with Gasteiger partial charge in [0.25, 0.3) is 11.7 Å². The Kier molecular flexibility index (Phi) is 6.77. The number of likely N-dealkylation sites (tertiary alicyclic amines) is 1. The first-order chi connectivity index (χ1) is 15.8. The maximum Gasteiger partial charge on any atom is 0.295 e. The second-order valence-corrected chi connectivity index (χ2v) is 9.19. The van der Waals surface area contributed by atoms with Crippen LogP contribution >= 0.6 is 11.6 Å². The van der Waals surface area contributed by atoms with Gasteiger partial charge in [-0.3, -0.25) is 9.59 Å². The average molecular weight is 470 g/mol. The summed E-state index contributed by atoms with van der Waals surface area (Å²) in [4.78, 5) is 27.9. The van der Waals surface area contributed by atoms with Gasteiger partial charge in [-0.1, -0.05) is 49.7 Å². The molecule has 33 heavy (non-hydrogen) atoms. The van der Waals surface area contributed by atoms with Crippen molar-refractivity contribution in [1.29, 1.82) is 0 Å². The first-order valence-corrected chi connectivity index (χ1v) is 11.5. The average Bonchev–Trinajstić information content (AvgIpc) is 3.41. The van der Waals surface area contributed by atoms with Crippen LogP contribution in [0.1, 0.15) is 55.3 Å². The third-order valence-electron chi connectivity index (χ3n) is 6.30. The number of halogens is 1. The number of aliphatic hydroxyl groups is 1. The molecule has 1 amide bonds. The summed E-state index contributed by atoms with van der Waals surface area (Å²) in [5, 5.41) is 11.7. The van der Waals surface area contributed by atoms with E-state index < -0.39 is 17.7 Å². The van der Waals surface area contributed by atoms with Gasteiger partial charge in [-0.05, 0) is 48.1 Å². The Morgan fingerprint density at radius 1 is 1.21 bits per heavy atom. The highest BCUT2D eigenvalue weighted by molar-refractivity contribution is 6.46. The van der Waals surface area contributed by atoms with Gasteiger partial charge in [-0.25, -0.2) is 0 Å². The number of ether oxygens (including phenoxy) is 2. The number of rotatable bonds is 6. The summed E-state index contributed by atoms with van der Waals surface area (Å²) < 4.78 is 11.1. The number of hydrogen-bond acceptors (Lipinski definition) is 5. The molecule has 2 heterocycles. The Hall–Kier alpha value is -2.83. The number of carbonyl (C=O) groups excluding carboxylic acids is 2. The number of amides is 1. The van der Waals surface area contributed by atoms with Gasteiger partial charge in [0.2, 0.25) is 0 Å². The second-order valence-electron chi connectivity index (χ2n) is 8.75. The summed E-state index contributed by atoms with van der Waals surface area (Å²) in [6, 6.07) is 11.9. The molecule has 7 heteroatoms. The van der Waals surface area contributed by atoms with Crippen LogP contribution in [0, 0.1) is 0 Å². The highest BCUT2D eigenvalue weighted by atomic mass is 35.5. The van der Waals surface area contributed by atoms with Crippen molar-refractivity contribution in [3.63, 3.8) is 0 Å². The molecule has 0 aliphatic carbocycles. The zero-order valence-corrected chi connectivity index (χ0v) is 19.8. The highest BCUT2D eigenvalue weighted by Gasteiger charge is 2.47. The molecule has 2 atom stereocenters. The Morgan fingerprint density at radius 2 is 1.94 bits per heavy atom. The van der Waals surface area contributed by atoms with Crippen molar-refractivity contribution in [1.82, 2.24) is 4.90 Å². The van der Waals surface area contributed by atoms with Gasteiger partial charge in [0.1, 0.15) is 11.5 Å². The topological polar surface area (TPSA) is 76.1 Å². The number of Topliss-reactive ketones (excluding diaryl/α,β-unsaturated/α-hetero) is 1. The van der Waals surface area contributed by atoms with Crippen LogP contribution in [-0.2, 0) is 14.3 Å². The minimum Gasteiger partial charge on any atom is -0.507 e. The van der Waals surface area contributed by atoms with E-state index in [-0.39, 0.29) is 29.5 Å². The predicted octanol–water partition coefficient (Wildman–Crippen LogP) is 5.07. The van der Waals surface area contributed by atoms with E-state index >= 15 is 0 Å². The minimum atomic E-state index is -0.737. The summed E-state index contributed by atoms with van der Waals surface area (Å²) in [6.07, 6.45) is 1.60. The molecule has 174 valence electrons. The van der Waals surface area contributed by atoms with Crippen molar-refractivity contribution in [3.05, 3.63) is 69.8 Å². The first kappa shape index (κ1) is 23.3. The number of aliphatic hydroxyl groups excluding tert-OH is 1. The molecule has 2 aromatic rings. The standard InChI is InChI=1S/C26H28ClNO5/c1-15(2)16-6-8-17(9-7-16)23-22(24(29)20-13-18(27)10-11-21(20)32-3)25(30)26(31)28(23)14-19-5-4-12-33-19/h6-11,13,15,19,23,29H,4-5,12,14H2,1-3H3/b24-22+. The summed E-state index contributed by atoms with van der Waals surface area (Å²) in [5.41, 5.74) is 2.19. The fourth-order valence-corrected chi connectivity index (χ4v) is 4.67. The molecule has 2 saturated heterocycles. The van der Waals surface area contributed by atoms with Crippen LogP contribution in [0.25, 0.3) is 5.76 Å². The SMILES string of the molecule is COc1ccc(Cl)cc1/C(O)=C1\C(=O)C(=O)N(CC2CCCO2)C1c1ccc(C(C)C)cc1. The normalized spacial score (nSPS) is 22.4. The Morgan fingerprint density at radius 3 is 2.55 bits per heavy atom. The monoisotopic (exact) mass is 469 g/mol. The smallest absolute Gasteiger partial charge is 0.295 e. The molecule has 1 N–H and O–H groups in total. The van der Waals surface area contributed by atoms with Crippen molar-refractivity contribution >= 4 is 29.1 Å². The molecular weight excluding hydrogens is 442 g/mol. The zero-order chi connectivity index (χ0) is 23.7. The highest BCUT2D eigenvalue weighted by Crippen LogP contribution is 2.42. The van der Waals surface area contributed by atoms with E-state index in [9.17, 15) is 14.7 Å². The molecule has 0 spiro atoms. The summed E-state index contributed by atoms with van der Waals surface area (Å²) in [7, 11) is 1.47. The fraction of sp³-hybridized carbons (Fsp3) is 0.385. The number of hydrogen-bond donors (Lipinski definition) is 1. The fourth-order valence-electron chi connectivity index (χ4n) is 4.50. The molecule has 2 aliphatic heterocycles. The molecule has 2 fully saturated rings.